The van der Waals surface area contributed by atoms with E-state index in [4.69, 9.17) is 26.7 Å². The topological polar surface area (TPSA) is 49.6 Å². The molecule has 1 aliphatic heterocycles. The van der Waals surface area contributed by atoms with E-state index in [2.05, 4.69) is 40.1 Å². The van der Waals surface area contributed by atoms with Gasteiger partial charge in [0.1, 0.15) is 5.82 Å². The van der Waals surface area contributed by atoms with Crippen molar-refractivity contribution in [2.24, 2.45) is 0 Å². The van der Waals surface area contributed by atoms with Gasteiger partial charge < -0.3 is 4.90 Å². The number of nitrogens with zero attached hydrogens (tertiary/aromatic N) is 6. The van der Waals surface area contributed by atoms with E-state index in [9.17, 15) is 0 Å². The Morgan fingerprint density at radius 1 is 0.794 bits per heavy atom. The second-order valence-corrected chi connectivity index (χ2v) is 9.80. The van der Waals surface area contributed by atoms with Crippen LogP contribution in [0.3, 0.4) is 0 Å². The van der Waals surface area contributed by atoms with Gasteiger partial charge in [0.15, 0.2) is 5.82 Å². The summed E-state index contributed by atoms with van der Waals surface area (Å²) in [7, 11) is 0. The summed E-state index contributed by atoms with van der Waals surface area (Å²) >= 11 is 6.06. The first-order valence-electron chi connectivity index (χ1n) is 12.3. The van der Waals surface area contributed by atoms with Crippen LogP contribution in [0.25, 0.3) is 5.78 Å². The molecule has 0 radical (unpaired) electrons. The third-order valence-electron chi connectivity index (χ3n) is 6.97. The maximum Gasteiger partial charge on any atom is 0.254 e. The normalized spacial score (nSPS) is 16.7. The summed E-state index contributed by atoms with van der Waals surface area (Å²) in [5.41, 5.74) is 5.12. The van der Waals surface area contributed by atoms with Crippen LogP contribution in [-0.4, -0.2) is 50.7 Å². The smallest absolute Gasteiger partial charge is 0.254 e. The number of anilines is 1. The van der Waals surface area contributed by atoms with Gasteiger partial charge in [-0.05, 0) is 48.9 Å². The molecule has 2 aromatic heterocycles. The van der Waals surface area contributed by atoms with Gasteiger partial charge >= 0.3 is 0 Å². The highest BCUT2D eigenvalue weighted by Crippen LogP contribution is 2.31. The van der Waals surface area contributed by atoms with E-state index in [-0.39, 0.29) is 0 Å². The van der Waals surface area contributed by atoms with Crippen LogP contribution >= 0.6 is 11.6 Å². The van der Waals surface area contributed by atoms with Gasteiger partial charge in [0.25, 0.3) is 5.78 Å². The van der Waals surface area contributed by atoms with Crippen LogP contribution in [0.1, 0.15) is 41.1 Å². The van der Waals surface area contributed by atoms with E-state index < -0.39 is 0 Å². The van der Waals surface area contributed by atoms with Crippen molar-refractivity contribution in [2.75, 3.05) is 31.1 Å². The van der Waals surface area contributed by atoms with Crippen molar-refractivity contribution in [1.82, 2.24) is 24.5 Å². The predicted octanol–water partition coefficient (Wildman–Crippen LogP) is 4.57. The molecule has 0 unspecified atom stereocenters. The summed E-state index contributed by atoms with van der Waals surface area (Å²) in [6.45, 7) is 5.07. The lowest BCUT2D eigenvalue weighted by Crippen LogP contribution is -2.47. The van der Waals surface area contributed by atoms with Gasteiger partial charge in [-0.1, -0.05) is 54.1 Å². The Balaban J connectivity index is 1.28. The molecule has 0 N–H and O–H groups in total. The summed E-state index contributed by atoms with van der Waals surface area (Å²) in [5, 5.41) is 5.70. The van der Waals surface area contributed by atoms with Crippen LogP contribution in [0.5, 0.6) is 0 Å². The molecule has 1 aliphatic carbocycles. The molecule has 0 amide bonds. The van der Waals surface area contributed by atoms with Crippen molar-refractivity contribution in [3.05, 3.63) is 87.8 Å². The highest BCUT2D eigenvalue weighted by molar-refractivity contribution is 6.30. The third-order valence-corrected chi connectivity index (χ3v) is 7.23. The molecular weight excluding hydrogens is 444 g/mol. The average Bonchev–Trinajstić information content (AvgIpc) is 3.27. The lowest BCUT2D eigenvalue weighted by molar-refractivity contribution is 0.248. The Bertz CT molecular complexity index is 1280. The van der Waals surface area contributed by atoms with Crippen LogP contribution in [0.4, 0.5) is 5.82 Å². The van der Waals surface area contributed by atoms with Gasteiger partial charge in [-0.2, -0.15) is 9.50 Å². The van der Waals surface area contributed by atoms with Gasteiger partial charge in [0, 0.05) is 49.7 Å². The molecule has 2 aliphatic rings. The Hall–Kier alpha value is -2.96. The predicted molar refractivity (Wildman–Crippen MR) is 136 cm³/mol. The molecule has 174 valence electrons. The van der Waals surface area contributed by atoms with E-state index in [1.54, 1.807) is 0 Å². The van der Waals surface area contributed by atoms with E-state index in [1.165, 1.54) is 35.5 Å². The Labute approximate surface area is 205 Å². The zero-order chi connectivity index (χ0) is 22.9. The van der Waals surface area contributed by atoms with E-state index in [0.717, 1.165) is 67.8 Å². The molecule has 2 aromatic carbocycles. The van der Waals surface area contributed by atoms with Gasteiger partial charge in [-0.15, -0.1) is 5.10 Å². The largest absolute Gasteiger partial charge is 0.354 e. The second kappa shape index (κ2) is 9.35. The molecular formula is C27H29ClN6. The van der Waals surface area contributed by atoms with E-state index in [1.807, 2.05) is 28.8 Å². The molecule has 0 spiro atoms. The Morgan fingerprint density at radius 2 is 1.56 bits per heavy atom. The average molecular weight is 473 g/mol. The summed E-state index contributed by atoms with van der Waals surface area (Å²) in [6, 6.07) is 18.7. The molecule has 0 atom stereocenters. The fraction of sp³-hybridized carbons (Fsp3) is 0.370. The van der Waals surface area contributed by atoms with Crippen molar-refractivity contribution in [3.8, 4) is 0 Å². The highest BCUT2D eigenvalue weighted by Gasteiger charge is 2.27. The molecule has 6 nitrogen and oxygen atoms in total. The number of rotatable bonds is 5. The Morgan fingerprint density at radius 3 is 2.35 bits per heavy atom. The third kappa shape index (κ3) is 4.40. The van der Waals surface area contributed by atoms with Gasteiger partial charge in [-0.25, -0.2) is 4.98 Å². The Kier molecular flexibility index (Phi) is 5.93. The molecule has 34 heavy (non-hydrogen) atoms. The molecule has 0 saturated carbocycles. The number of fused-ring (bicyclic) bond motifs is 2. The van der Waals surface area contributed by atoms with Crippen molar-refractivity contribution < 1.29 is 0 Å². The zero-order valence-electron chi connectivity index (χ0n) is 19.3. The first-order valence-corrected chi connectivity index (χ1v) is 12.6. The van der Waals surface area contributed by atoms with Crippen molar-refractivity contribution in [2.45, 2.75) is 38.6 Å². The molecule has 7 heteroatoms. The van der Waals surface area contributed by atoms with Crippen molar-refractivity contribution >= 4 is 23.2 Å². The summed E-state index contributed by atoms with van der Waals surface area (Å²) in [4.78, 5) is 14.8. The van der Waals surface area contributed by atoms with Crippen LogP contribution in [0, 0.1) is 0 Å². The summed E-state index contributed by atoms with van der Waals surface area (Å²) in [6.07, 6.45) is 5.20. The van der Waals surface area contributed by atoms with Gasteiger partial charge in [0.2, 0.25) is 0 Å². The van der Waals surface area contributed by atoms with Crippen molar-refractivity contribution in [3.63, 3.8) is 0 Å². The number of hydrogen-bond donors (Lipinski definition) is 0. The fourth-order valence-electron chi connectivity index (χ4n) is 5.21. The number of aryl methyl sites for hydroxylation is 1. The molecule has 4 aromatic rings. The quantitative estimate of drug-likeness (QED) is 0.426. The summed E-state index contributed by atoms with van der Waals surface area (Å²) < 4.78 is 2.02. The maximum absolute atomic E-state index is 6.06. The number of benzene rings is 2. The minimum Gasteiger partial charge on any atom is -0.354 e. The molecule has 3 heterocycles. The van der Waals surface area contributed by atoms with E-state index in [0.29, 0.717) is 6.42 Å². The van der Waals surface area contributed by atoms with Gasteiger partial charge in [0.05, 0.1) is 5.69 Å². The monoisotopic (exact) mass is 472 g/mol. The second-order valence-electron chi connectivity index (χ2n) is 9.36. The summed E-state index contributed by atoms with van der Waals surface area (Å²) in [5.74, 6) is 2.75. The van der Waals surface area contributed by atoms with Crippen LogP contribution < -0.4 is 4.90 Å². The highest BCUT2D eigenvalue weighted by atomic mass is 35.5. The number of halogens is 1. The minimum absolute atomic E-state index is 0.676. The van der Waals surface area contributed by atoms with Crippen LogP contribution in [0.2, 0.25) is 5.02 Å². The lowest BCUT2D eigenvalue weighted by atomic mass is 9.96. The van der Waals surface area contributed by atoms with Crippen LogP contribution in [-0.2, 0) is 25.8 Å². The fourth-order valence-corrected chi connectivity index (χ4v) is 5.33. The first kappa shape index (κ1) is 21.6. The molecule has 1 saturated heterocycles. The number of aromatic nitrogens is 4. The maximum atomic E-state index is 6.06. The number of hydrogen-bond acceptors (Lipinski definition) is 5. The molecule has 1 fully saturated rings. The lowest BCUT2D eigenvalue weighted by Gasteiger charge is -2.37. The molecule has 0 bridgehead atoms. The standard InChI is InChI=1S/C27H29ClN6/c28-22-12-10-20(11-13-22)18-25-30-27-29-24-9-5-4-8-23(24)26(34(27)31-25)33-16-14-32(15-17-33)19-21-6-2-1-3-7-21/h1-3,6-7,10-13H,4-5,8-9,14-19H2. The van der Waals surface area contributed by atoms with Gasteiger partial charge in [-0.3, -0.25) is 4.90 Å². The van der Waals surface area contributed by atoms with Crippen LogP contribution in [0.15, 0.2) is 54.6 Å². The SMILES string of the molecule is Clc1ccc(Cc2nc3nc4c(c(N5CCN(Cc6ccccc6)CC5)n3n2)CCCC4)cc1. The first-order chi connectivity index (χ1) is 16.7. The number of piperazine rings is 1. The van der Waals surface area contributed by atoms with E-state index >= 15 is 0 Å². The molecule has 6 rings (SSSR count). The minimum atomic E-state index is 0.676. The van der Waals surface area contributed by atoms with Crippen molar-refractivity contribution in [1.29, 1.82) is 0 Å². The zero-order valence-corrected chi connectivity index (χ0v) is 20.1.